The van der Waals surface area contributed by atoms with Gasteiger partial charge in [-0.15, -0.1) is 0 Å². The Morgan fingerprint density at radius 2 is 0.758 bits per heavy atom. The van der Waals surface area contributed by atoms with Gasteiger partial charge in [-0.2, -0.15) is 0 Å². The van der Waals surface area contributed by atoms with Crippen LogP contribution in [0.4, 0.5) is 0 Å². The molecule has 0 aromatic rings. The summed E-state index contributed by atoms with van der Waals surface area (Å²) < 4.78 is 0. The first-order valence-corrected chi connectivity index (χ1v) is 12.0. The highest BCUT2D eigenvalue weighted by molar-refractivity contribution is 6.16. The van der Waals surface area contributed by atoms with Gasteiger partial charge in [0.05, 0.1) is 11.1 Å². The lowest BCUT2D eigenvalue weighted by molar-refractivity contribution is -0.122. The molecule has 0 unspecified atom stereocenters. The normalized spacial score (nSPS) is 13.8. The largest absolute Gasteiger partial charge is 0.326 e. The molecule has 0 heterocycles. The third-order valence-corrected chi connectivity index (χ3v) is 3.88. The summed E-state index contributed by atoms with van der Waals surface area (Å²) in [6.07, 6.45) is 7.33. The van der Waals surface area contributed by atoms with E-state index in [0.29, 0.717) is 16.2 Å². The summed E-state index contributed by atoms with van der Waals surface area (Å²) in [6.45, 7) is 33.0. The van der Waals surface area contributed by atoms with Crippen molar-refractivity contribution in [2.24, 2.45) is 32.0 Å². The van der Waals surface area contributed by atoms with E-state index >= 15 is 0 Å². The summed E-state index contributed by atoms with van der Waals surface area (Å²) in [7, 11) is 0. The van der Waals surface area contributed by atoms with Crippen molar-refractivity contribution in [1.29, 1.82) is 0 Å². The Hall–Kier alpha value is -1.36. The summed E-state index contributed by atoms with van der Waals surface area (Å²) in [5.74, 6) is 0. The molecule has 0 fully saturated rings. The van der Waals surface area contributed by atoms with Gasteiger partial charge in [0, 0.05) is 18.0 Å². The van der Waals surface area contributed by atoms with E-state index in [-0.39, 0.29) is 29.2 Å². The van der Waals surface area contributed by atoms with E-state index in [1.165, 1.54) is 0 Å². The highest BCUT2D eigenvalue weighted by Crippen LogP contribution is 2.30. The zero-order valence-corrected chi connectivity index (χ0v) is 24.7. The van der Waals surface area contributed by atoms with Crippen molar-refractivity contribution in [2.75, 3.05) is 0 Å². The summed E-state index contributed by atoms with van der Waals surface area (Å²) in [6, 6.07) is 0. The number of carbonyl (C=O) groups excluding carboxylic acids is 2. The number of aldehydes is 2. The Morgan fingerprint density at radius 3 is 0.879 bits per heavy atom. The first-order valence-electron chi connectivity index (χ1n) is 12.0. The number of nitrogens with two attached hydrogens (primary N) is 1. The standard InChI is InChI=1S/C18H36N2.C8H19N.C2H2O2/c1-15(2,3)13-17(7,8)19-11-12-20-18(9,10)14-16(4,5)6;1-7(2,3)6-8(4,5)9;3-1-2-4/h11-12H,13-14H2,1-10H3;6,9H2,1-5H3;1-2H. The molecule has 0 atom stereocenters. The minimum Gasteiger partial charge on any atom is -0.326 e. The first kappa shape index (κ1) is 36.2. The fourth-order valence-electron chi connectivity index (χ4n) is 4.52. The molecule has 0 saturated carbocycles. The second-order valence-corrected chi connectivity index (χ2v) is 14.7. The maximum atomic E-state index is 8.81. The zero-order chi connectivity index (χ0) is 27.4. The highest BCUT2D eigenvalue weighted by Gasteiger charge is 2.25. The van der Waals surface area contributed by atoms with Crippen molar-refractivity contribution in [3.63, 3.8) is 0 Å². The molecule has 0 bridgehead atoms. The van der Waals surface area contributed by atoms with Crippen LogP contribution in [-0.4, -0.2) is 41.6 Å². The van der Waals surface area contributed by atoms with Gasteiger partial charge in [0.15, 0.2) is 12.6 Å². The molecule has 33 heavy (non-hydrogen) atoms. The summed E-state index contributed by atoms with van der Waals surface area (Å²) >= 11 is 0. The summed E-state index contributed by atoms with van der Waals surface area (Å²) in [5.41, 5.74) is 6.70. The van der Waals surface area contributed by atoms with Crippen LogP contribution in [-0.2, 0) is 9.59 Å². The number of aliphatic imine (C=N–C) groups is 2. The van der Waals surface area contributed by atoms with E-state index in [1.807, 2.05) is 12.4 Å². The average Bonchev–Trinajstić information content (AvgIpc) is 2.44. The number of carbonyl (C=O) groups is 2. The van der Waals surface area contributed by atoms with Crippen LogP contribution in [0.2, 0.25) is 0 Å². The second kappa shape index (κ2) is 14.1. The van der Waals surface area contributed by atoms with E-state index in [1.54, 1.807) is 0 Å². The van der Waals surface area contributed by atoms with Crippen LogP contribution in [0.5, 0.6) is 0 Å². The molecule has 0 aliphatic heterocycles. The van der Waals surface area contributed by atoms with Gasteiger partial charge in [-0.25, -0.2) is 0 Å². The molecule has 0 aromatic heterocycles. The van der Waals surface area contributed by atoms with Crippen LogP contribution in [0.3, 0.4) is 0 Å². The fourth-order valence-corrected chi connectivity index (χ4v) is 4.52. The smallest absolute Gasteiger partial charge is 0.182 e. The van der Waals surface area contributed by atoms with Gasteiger partial charge in [0.2, 0.25) is 0 Å². The van der Waals surface area contributed by atoms with Gasteiger partial charge < -0.3 is 5.73 Å². The van der Waals surface area contributed by atoms with Crippen molar-refractivity contribution in [1.82, 2.24) is 0 Å². The molecule has 196 valence electrons. The lowest BCUT2D eigenvalue weighted by atomic mass is 9.82. The van der Waals surface area contributed by atoms with Gasteiger partial charge in [0.1, 0.15) is 0 Å². The number of rotatable bonds is 7. The van der Waals surface area contributed by atoms with Crippen molar-refractivity contribution in [2.45, 2.75) is 140 Å². The molecule has 0 aliphatic rings. The molecule has 0 amide bonds. The van der Waals surface area contributed by atoms with E-state index in [0.717, 1.165) is 19.3 Å². The average molecular weight is 468 g/mol. The number of hydrogen-bond donors (Lipinski definition) is 1. The van der Waals surface area contributed by atoms with Gasteiger partial charge in [0.25, 0.3) is 0 Å². The zero-order valence-electron chi connectivity index (χ0n) is 24.7. The van der Waals surface area contributed by atoms with E-state index in [9.17, 15) is 0 Å². The van der Waals surface area contributed by atoms with Crippen LogP contribution in [0.1, 0.15) is 123 Å². The predicted molar refractivity (Wildman–Crippen MR) is 148 cm³/mol. The summed E-state index contributed by atoms with van der Waals surface area (Å²) in [4.78, 5) is 26.9. The molecule has 2 N–H and O–H groups in total. The van der Waals surface area contributed by atoms with Gasteiger partial charge in [-0.05, 0) is 77.0 Å². The SMILES string of the molecule is CC(C)(C)CC(C)(C)N.CC(C)(C)CC(C)(C)N=CC=NC(C)(C)CC(C)(C)C.O=CC=O. The van der Waals surface area contributed by atoms with Gasteiger partial charge in [-0.3, -0.25) is 19.6 Å². The molecule has 0 rings (SSSR count). The molecule has 0 spiro atoms. The quantitative estimate of drug-likeness (QED) is 0.246. The highest BCUT2D eigenvalue weighted by atomic mass is 16.2. The van der Waals surface area contributed by atoms with Crippen LogP contribution in [0.25, 0.3) is 0 Å². The molecule has 0 aromatic carbocycles. The predicted octanol–water partition coefficient (Wildman–Crippen LogP) is 7.10. The first-order chi connectivity index (χ1) is 14.2. The van der Waals surface area contributed by atoms with E-state index < -0.39 is 0 Å². The number of nitrogens with zero attached hydrogens (tertiary/aromatic N) is 2. The van der Waals surface area contributed by atoms with Crippen molar-refractivity contribution < 1.29 is 9.59 Å². The van der Waals surface area contributed by atoms with Crippen molar-refractivity contribution in [3.8, 4) is 0 Å². The Labute approximate surface area is 206 Å². The van der Waals surface area contributed by atoms with E-state index in [2.05, 4.69) is 114 Å². The minimum atomic E-state index is -0.0293. The maximum Gasteiger partial charge on any atom is 0.182 e. The molecular weight excluding hydrogens is 410 g/mol. The van der Waals surface area contributed by atoms with Crippen LogP contribution in [0, 0.1) is 16.2 Å². The van der Waals surface area contributed by atoms with Gasteiger partial charge >= 0.3 is 0 Å². The topological polar surface area (TPSA) is 84.9 Å². The Kier molecular flexibility index (Phi) is 15.5. The van der Waals surface area contributed by atoms with Crippen LogP contribution in [0.15, 0.2) is 9.98 Å². The molecule has 0 radical (unpaired) electrons. The van der Waals surface area contributed by atoms with Crippen molar-refractivity contribution in [3.05, 3.63) is 0 Å². The van der Waals surface area contributed by atoms with Crippen LogP contribution < -0.4 is 5.73 Å². The van der Waals surface area contributed by atoms with E-state index in [4.69, 9.17) is 15.3 Å². The molecule has 5 heteroatoms. The third kappa shape index (κ3) is 35.4. The summed E-state index contributed by atoms with van der Waals surface area (Å²) in [5, 5.41) is 0. The maximum absolute atomic E-state index is 8.81. The second-order valence-electron chi connectivity index (χ2n) is 14.7. The Bertz CT molecular complexity index is 549. The van der Waals surface area contributed by atoms with Gasteiger partial charge in [-0.1, -0.05) is 62.3 Å². The van der Waals surface area contributed by atoms with Crippen LogP contribution >= 0.6 is 0 Å². The Morgan fingerprint density at radius 1 is 0.515 bits per heavy atom. The molecule has 5 nitrogen and oxygen atoms in total. The number of hydrogen-bond acceptors (Lipinski definition) is 5. The third-order valence-electron chi connectivity index (χ3n) is 3.88. The molecular formula is C28H57N3O2. The van der Waals surface area contributed by atoms with Crippen molar-refractivity contribution >= 4 is 25.0 Å². The minimum absolute atomic E-state index is 0.0156. The molecule has 0 saturated heterocycles. The monoisotopic (exact) mass is 467 g/mol. The Balaban J connectivity index is -0.000000569. The molecule has 0 aliphatic carbocycles. The fraction of sp³-hybridized carbons (Fsp3) is 0.857. The lowest BCUT2D eigenvalue weighted by Crippen LogP contribution is -2.36. The lowest BCUT2D eigenvalue weighted by Gasteiger charge is -2.29.